The highest BCUT2D eigenvalue weighted by Crippen LogP contribution is 2.33. The number of aromatic nitrogens is 1. The number of nitrogens with zero attached hydrogens (tertiary/aromatic N) is 2. The predicted molar refractivity (Wildman–Crippen MR) is 103 cm³/mol. The lowest BCUT2D eigenvalue weighted by molar-refractivity contribution is 0.0217. The van der Waals surface area contributed by atoms with E-state index in [1.165, 1.54) is 24.2 Å². The van der Waals surface area contributed by atoms with Crippen molar-refractivity contribution in [1.82, 2.24) is 15.2 Å². The van der Waals surface area contributed by atoms with Gasteiger partial charge in [0.25, 0.3) is 5.91 Å². The van der Waals surface area contributed by atoms with Crippen molar-refractivity contribution in [2.75, 3.05) is 13.1 Å². The minimum absolute atomic E-state index is 0.0880. The van der Waals surface area contributed by atoms with Gasteiger partial charge in [-0.05, 0) is 62.5 Å². The second-order valence-corrected chi connectivity index (χ2v) is 8.70. The molecule has 4 heterocycles. The Balaban J connectivity index is 1.51. The third-order valence-electron chi connectivity index (χ3n) is 5.32. The molecule has 1 N–H and O–H groups in total. The summed E-state index contributed by atoms with van der Waals surface area (Å²) >= 11 is 13.5. The molecule has 2 atom stereocenters. The molecule has 7 heteroatoms. The molecule has 0 spiro atoms. The molecule has 132 valence electrons. The quantitative estimate of drug-likeness (QED) is 0.840. The Labute approximate surface area is 161 Å². The maximum Gasteiger partial charge on any atom is 0.280 e. The minimum atomic E-state index is -0.0880. The van der Waals surface area contributed by atoms with E-state index in [4.69, 9.17) is 23.2 Å². The smallest absolute Gasteiger partial charge is 0.280 e. The predicted octanol–water partition coefficient (Wildman–Crippen LogP) is 4.33. The van der Waals surface area contributed by atoms with E-state index >= 15 is 0 Å². The van der Waals surface area contributed by atoms with Crippen LogP contribution in [0, 0.1) is 5.92 Å². The minimum Gasteiger partial charge on any atom is -0.345 e. The van der Waals surface area contributed by atoms with Crippen LogP contribution in [0.15, 0.2) is 24.4 Å². The average molecular weight is 396 g/mol. The van der Waals surface area contributed by atoms with Crippen LogP contribution in [0.5, 0.6) is 0 Å². The Morgan fingerprint density at radius 3 is 2.56 bits per heavy atom. The molecule has 3 saturated heterocycles. The largest absolute Gasteiger partial charge is 0.345 e. The SMILES string of the molecule is C[C@@H]1[C@H](NC(=O)c2ncc(-c3cc(Cl)cc(Cl)c3)s2)C2CCN1CC2. The molecule has 1 aromatic heterocycles. The monoisotopic (exact) mass is 395 g/mol. The third-order valence-corrected chi connectivity index (χ3v) is 6.80. The fourth-order valence-corrected chi connectivity index (χ4v) is 5.30. The Kier molecular flexibility index (Phi) is 4.75. The van der Waals surface area contributed by atoms with Crippen molar-refractivity contribution in [1.29, 1.82) is 0 Å². The number of benzene rings is 1. The second kappa shape index (κ2) is 6.88. The molecule has 0 radical (unpaired) electrons. The number of rotatable bonds is 3. The number of carbonyl (C=O) groups is 1. The summed E-state index contributed by atoms with van der Waals surface area (Å²) in [5.41, 5.74) is 0.880. The highest BCUT2D eigenvalue weighted by Gasteiger charge is 2.40. The summed E-state index contributed by atoms with van der Waals surface area (Å²) in [6.07, 6.45) is 4.04. The first-order chi connectivity index (χ1) is 12.0. The van der Waals surface area contributed by atoms with E-state index in [9.17, 15) is 4.79 Å². The van der Waals surface area contributed by atoms with E-state index in [2.05, 4.69) is 22.1 Å². The number of piperidine rings is 3. The van der Waals surface area contributed by atoms with Crippen LogP contribution in [0.4, 0.5) is 0 Å². The summed E-state index contributed by atoms with van der Waals surface area (Å²) in [6.45, 7) is 4.50. The van der Waals surface area contributed by atoms with Crippen LogP contribution in [0.3, 0.4) is 0 Å². The highest BCUT2D eigenvalue weighted by molar-refractivity contribution is 7.17. The summed E-state index contributed by atoms with van der Waals surface area (Å²) in [6, 6.07) is 5.96. The average Bonchev–Trinajstić information content (AvgIpc) is 3.08. The number of carbonyl (C=O) groups excluding carboxylic acids is 1. The summed E-state index contributed by atoms with van der Waals surface area (Å²) in [5.74, 6) is 0.491. The molecule has 3 aliphatic rings. The van der Waals surface area contributed by atoms with Gasteiger partial charge >= 0.3 is 0 Å². The molecule has 0 aliphatic carbocycles. The maximum atomic E-state index is 12.7. The van der Waals surface area contributed by atoms with E-state index in [0.717, 1.165) is 23.5 Å². The van der Waals surface area contributed by atoms with Crippen LogP contribution < -0.4 is 5.32 Å². The normalized spacial score (nSPS) is 28.1. The molecule has 2 aromatic rings. The molecular formula is C18H19Cl2N3OS. The molecule has 0 unspecified atom stereocenters. The van der Waals surface area contributed by atoms with Gasteiger partial charge in [-0.3, -0.25) is 9.69 Å². The van der Waals surface area contributed by atoms with E-state index in [1.807, 2.05) is 12.1 Å². The number of thiazole rings is 1. The highest BCUT2D eigenvalue weighted by atomic mass is 35.5. The van der Waals surface area contributed by atoms with Crippen molar-refractivity contribution >= 4 is 40.4 Å². The van der Waals surface area contributed by atoms with Gasteiger partial charge in [-0.25, -0.2) is 4.98 Å². The first kappa shape index (κ1) is 17.3. The van der Waals surface area contributed by atoms with Crippen LogP contribution in [0.1, 0.15) is 29.6 Å². The van der Waals surface area contributed by atoms with Gasteiger partial charge in [0.15, 0.2) is 5.01 Å². The van der Waals surface area contributed by atoms with Crippen molar-refractivity contribution in [3.63, 3.8) is 0 Å². The number of nitrogens with one attached hydrogen (secondary N) is 1. The Bertz CT molecular complexity index is 779. The summed E-state index contributed by atoms with van der Waals surface area (Å²) in [7, 11) is 0. The summed E-state index contributed by atoms with van der Waals surface area (Å²) < 4.78 is 0. The number of fused-ring (bicyclic) bond motifs is 3. The number of amides is 1. The van der Waals surface area contributed by atoms with Crippen molar-refractivity contribution in [3.8, 4) is 10.4 Å². The lowest BCUT2D eigenvalue weighted by atomic mass is 9.79. The zero-order valence-corrected chi connectivity index (χ0v) is 16.2. The van der Waals surface area contributed by atoms with Gasteiger partial charge in [-0.2, -0.15) is 0 Å². The topological polar surface area (TPSA) is 45.2 Å². The number of hydrogen-bond acceptors (Lipinski definition) is 4. The maximum absolute atomic E-state index is 12.7. The van der Waals surface area contributed by atoms with Gasteiger partial charge in [0.05, 0.1) is 4.88 Å². The first-order valence-electron chi connectivity index (χ1n) is 8.48. The van der Waals surface area contributed by atoms with Crippen molar-refractivity contribution in [2.45, 2.75) is 31.8 Å². The van der Waals surface area contributed by atoms with Gasteiger partial charge < -0.3 is 5.32 Å². The lowest BCUT2D eigenvalue weighted by Crippen LogP contribution is -2.62. The molecule has 4 nitrogen and oxygen atoms in total. The third kappa shape index (κ3) is 3.43. The summed E-state index contributed by atoms with van der Waals surface area (Å²) in [4.78, 5) is 20.3. The van der Waals surface area contributed by atoms with E-state index in [0.29, 0.717) is 27.0 Å². The Morgan fingerprint density at radius 2 is 1.92 bits per heavy atom. The van der Waals surface area contributed by atoms with Crippen molar-refractivity contribution in [2.24, 2.45) is 5.92 Å². The fraction of sp³-hybridized carbons (Fsp3) is 0.444. The molecule has 1 aromatic carbocycles. The molecule has 2 bridgehead atoms. The fourth-order valence-electron chi connectivity index (χ4n) is 3.97. The van der Waals surface area contributed by atoms with Crippen molar-refractivity contribution < 1.29 is 4.79 Å². The van der Waals surface area contributed by atoms with Crippen molar-refractivity contribution in [3.05, 3.63) is 39.4 Å². The number of halogens is 2. The number of hydrogen-bond donors (Lipinski definition) is 1. The zero-order valence-electron chi connectivity index (χ0n) is 13.8. The van der Waals surface area contributed by atoms with Crippen LogP contribution in [0.2, 0.25) is 10.0 Å². The zero-order chi connectivity index (χ0) is 17.6. The first-order valence-corrected chi connectivity index (χ1v) is 10.1. The molecule has 3 aliphatic heterocycles. The Hall–Kier alpha value is -1.14. The molecule has 0 saturated carbocycles. The second-order valence-electron chi connectivity index (χ2n) is 6.80. The van der Waals surface area contributed by atoms with Crippen LogP contribution in [-0.4, -0.2) is 41.0 Å². The van der Waals surface area contributed by atoms with Gasteiger partial charge in [0.2, 0.25) is 0 Å². The van der Waals surface area contributed by atoms with E-state index in [-0.39, 0.29) is 11.9 Å². The molecule has 5 rings (SSSR count). The molecule has 1 amide bonds. The summed E-state index contributed by atoms with van der Waals surface area (Å²) in [5, 5.41) is 4.84. The molecule has 3 fully saturated rings. The van der Waals surface area contributed by atoms with Gasteiger partial charge in [-0.15, -0.1) is 11.3 Å². The van der Waals surface area contributed by atoms with Crippen LogP contribution >= 0.6 is 34.5 Å². The van der Waals surface area contributed by atoms with Gasteiger partial charge in [-0.1, -0.05) is 23.2 Å². The van der Waals surface area contributed by atoms with E-state index in [1.54, 1.807) is 12.3 Å². The van der Waals surface area contributed by atoms with Crippen LogP contribution in [0.25, 0.3) is 10.4 Å². The molecule has 25 heavy (non-hydrogen) atoms. The van der Waals surface area contributed by atoms with Gasteiger partial charge in [0, 0.05) is 28.3 Å². The molecular weight excluding hydrogens is 377 g/mol. The van der Waals surface area contributed by atoms with Crippen LogP contribution in [-0.2, 0) is 0 Å². The lowest BCUT2D eigenvalue weighted by Gasteiger charge is -2.49. The standard InChI is InChI=1S/C18H19Cl2N3OS/c1-10-16(11-2-4-23(10)5-3-11)22-17(24)18-21-9-15(25-18)12-6-13(19)8-14(20)7-12/h6-11,16H,2-5H2,1H3,(H,22,24)/t10-,16+/m1/s1. The van der Waals surface area contributed by atoms with E-state index < -0.39 is 0 Å². The van der Waals surface area contributed by atoms with Gasteiger partial charge in [0.1, 0.15) is 0 Å². The Morgan fingerprint density at radius 1 is 1.24 bits per heavy atom.